The molecule has 2 aliphatic heterocycles. The first-order valence-corrected chi connectivity index (χ1v) is 11.2. The Labute approximate surface area is 187 Å². The third kappa shape index (κ3) is 5.66. The zero-order valence-corrected chi connectivity index (χ0v) is 18.8. The zero-order chi connectivity index (χ0) is 21.7. The van der Waals surface area contributed by atoms with E-state index in [4.69, 9.17) is 16.3 Å². The van der Waals surface area contributed by atoms with E-state index in [0.29, 0.717) is 26.1 Å². The average molecular weight is 450 g/mol. The van der Waals surface area contributed by atoms with Gasteiger partial charge in [-0.2, -0.15) is 0 Å². The summed E-state index contributed by atoms with van der Waals surface area (Å²) in [7, 11) is 2.12. The molecular weight excluding hydrogens is 422 g/mol. The van der Waals surface area contributed by atoms with E-state index >= 15 is 0 Å². The van der Waals surface area contributed by atoms with Crippen LogP contribution in [0.4, 0.5) is 5.69 Å². The van der Waals surface area contributed by atoms with E-state index in [0.717, 1.165) is 43.4 Å². The molecule has 30 heavy (non-hydrogen) atoms. The van der Waals surface area contributed by atoms with Crippen molar-refractivity contribution in [3.05, 3.63) is 51.8 Å². The predicted octanol–water partition coefficient (Wildman–Crippen LogP) is 3.28. The Morgan fingerprint density at radius 2 is 1.83 bits per heavy atom. The van der Waals surface area contributed by atoms with Gasteiger partial charge in [0, 0.05) is 44.8 Å². The lowest BCUT2D eigenvalue weighted by Gasteiger charge is -2.36. The van der Waals surface area contributed by atoms with E-state index in [1.807, 2.05) is 12.1 Å². The zero-order valence-electron chi connectivity index (χ0n) is 17.3. The maximum Gasteiger partial charge on any atom is 0.258 e. The highest BCUT2D eigenvalue weighted by atomic mass is 35.5. The lowest BCUT2D eigenvalue weighted by Crippen LogP contribution is -2.59. The minimum Gasteiger partial charge on any atom is -0.381 e. The summed E-state index contributed by atoms with van der Waals surface area (Å²) in [5.74, 6) is -0.670. The van der Waals surface area contributed by atoms with Crippen LogP contribution in [-0.4, -0.2) is 55.6 Å². The molecule has 1 fully saturated rings. The van der Waals surface area contributed by atoms with Gasteiger partial charge in [0.05, 0.1) is 9.27 Å². The van der Waals surface area contributed by atoms with E-state index in [9.17, 15) is 9.59 Å². The number of hydrogen-bond donors (Lipinski definition) is 2. The minimum atomic E-state index is -1.06. The van der Waals surface area contributed by atoms with Crippen molar-refractivity contribution < 1.29 is 14.3 Å². The molecule has 1 aromatic rings. The smallest absolute Gasteiger partial charge is 0.258 e. The second-order valence-corrected chi connectivity index (χ2v) is 9.64. The SMILES string of the molecule is C=C(Cl)SC(=C)C(=O)NC1(C(=O)Nc2ccc3c(c2)CCN(C)CC3)CCOCC1. The Morgan fingerprint density at radius 1 is 1.17 bits per heavy atom. The first-order chi connectivity index (χ1) is 14.3. The van der Waals surface area contributed by atoms with Crippen LogP contribution < -0.4 is 10.6 Å². The summed E-state index contributed by atoms with van der Waals surface area (Å²) in [5, 5.41) is 5.89. The fourth-order valence-corrected chi connectivity index (χ4v) is 4.45. The van der Waals surface area contributed by atoms with E-state index < -0.39 is 11.4 Å². The van der Waals surface area contributed by atoms with Gasteiger partial charge in [0.1, 0.15) is 5.54 Å². The van der Waals surface area contributed by atoms with Gasteiger partial charge in [0.2, 0.25) is 5.91 Å². The molecule has 0 saturated carbocycles. The lowest BCUT2D eigenvalue weighted by molar-refractivity contribution is -0.132. The number of carbonyl (C=O) groups excluding carboxylic acids is 2. The maximum absolute atomic E-state index is 13.3. The van der Waals surface area contributed by atoms with E-state index in [-0.39, 0.29) is 15.2 Å². The van der Waals surface area contributed by atoms with Gasteiger partial charge in [-0.25, -0.2) is 0 Å². The summed E-state index contributed by atoms with van der Waals surface area (Å²) in [5.41, 5.74) is 2.26. The molecule has 3 rings (SSSR count). The average Bonchev–Trinajstić information content (AvgIpc) is 2.89. The molecule has 8 heteroatoms. The molecule has 0 unspecified atom stereocenters. The predicted molar refractivity (Wildman–Crippen MR) is 123 cm³/mol. The van der Waals surface area contributed by atoms with Gasteiger partial charge >= 0.3 is 0 Å². The molecule has 1 aromatic carbocycles. The van der Waals surface area contributed by atoms with Crippen LogP contribution in [0.1, 0.15) is 24.0 Å². The number of thioether (sulfide) groups is 1. The fourth-order valence-electron chi connectivity index (χ4n) is 3.76. The molecule has 2 N–H and O–H groups in total. The molecule has 0 radical (unpaired) electrons. The molecule has 2 aliphatic rings. The van der Waals surface area contributed by atoms with Crippen molar-refractivity contribution in [2.24, 2.45) is 0 Å². The van der Waals surface area contributed by atoms with Crippen LogP contribution >= 0.6 is 23.4 Å². The molecule has 1 saturated heterocycles. The second kappa shape index (κ2) is 10.0. The third-order valence-corrected chi connectivity index (χ3v) is 6.50. The van der Waals surface area contributed by atoms with Gasteiger partial charge in [0.15, 0.2) is 0 Å². The minimum absolute atomic E-state index is 0.197. The fraction of sp³-hybridized carbons (Fsp3) is 0.455. The third-order valence-electron chi connectivity index (χ3n) is 5.61. The first-order valence-electron chi connectivity index (χ1n) is 10.0. The van der Waals surface area contributed by atoms with E-state index in [2.05, 4.69) is 41.8 Å². The van der Waals surface area contributed by atoms with Crippen LogP contribution in [0.5, 0.6) is 0 Å². The van der Waals surface area contributed by atoms with Crippen molar-refractivity contribution in [1.29, 1.82) is 0 Å². The standard InChI is InChI=1S/C22H28ClN3O3S/c1-15(30-16(2)23)20(27)25-22(8-12-29-13-9-22)21(28)24-19-5-4-17-6-10-26(3)11-7-18(17)14-19/h4-5,14H,1-2,6-13H2,3H3,(H,24,28)(H,25,27). The van der Waals surface area contributed by atoms with Crippen LogP contribution in [0.2, 0.25) is 0 Å². The highest BCUT2D eigenvalue weighted by Gasteiger charge is 2.42. The van der Waals surface area contributed by atoms with Crippen molar-refractivity contribution in [2.75, 3.05) is 38.7 Å². The van der Waals surface area contributed by atoms with Gasteiger partial charge in [-0.15, -0.1) is 0 Å². The number of hydrogen-bond acceptors (Lipinski definition) is 5. The number of carbonyl (C=O) groups is 2. The Hall–Kier alpha value is -1.80. The summed E-state index contributed by atoms with van der Waals surface area (Å²) >= 11 is 6.75. The monoisotopic (exact) mass is 449 g/mol. The van der Waals surface area contributed by atoms with Gasteiger partial charge in [-0.1, -0.05) is 42.6 Å². The van der Waals surface area contributed by atoms with Crippen LogP contribution in [0, 0.1) is 0 Å². The molecule has 2 heterocycles. The molecule has 2 amide bonds. The number of halogens is 1. The van der Waals surface area contributed by atoms with Gasteiger partial charge in [-0.05, 0) is 43.1 Å². The number of nitrogens with zero attached hydrogens (tertiary/aromatic N) is 1. The highest BCUT2D eigenvalue weighted by molar-refractivity contribution is 8.08. The molecule has 0 spiro atoms. The molecule has 0 atom stereocenters. The number of ether oxygens (including phenoxy) is 1. The largest absolute Gasteiger partial charge is 0.381 e. The molecule has 0 aliphatic carbocycles. The van der Waals surface area contributed by atoms with Crippen LogP contribution in [0.3, 0.4) is 0 Å². The maximum atomic E-state index is 13.3. The van der Waals surface area contributed by atoms with E-state index in [1.54, 1.807) is 0 Å². The van der Waals surface area contributed by atoms with Crippen molar-refractivity contribution in [3.63, 3.8) is 0 Å². The normalized spacial score (nSPS) is 18.6. The Bertz CT molecular complexity index is 852. The number of likely N-dealkylation sites (N-methyl/N-ethyl adjacent to an activating group) is 1. The van der Waals surface area contributed by atoms with Crippen molar-refractivity contribution >= 4 is 40.9 Å². The van der Waals surface area contributed by atoms with Gasteiger partial charge in [0.25, 0.3) is 5.91 Å². The summed E-state index contributed by atoms with van der Waals surface area (Å²) < 4.78 is 5.68. The number of rotatable bonds is 6. The highest BCUT2D eigenvalue weighted by Crippen LogP contribution is 2.29. The van der Waals surface area contributed by atoms with E-state index in [1.165, 1.54) is 11.1 Å². The quantitative estimate of drug-likeness (QED) is 0.652. The molecule has 0 bridgehead atoms. The van der Waals surface area contributed by atoms with Gasteiger partial charge < -0.3 is 20.3 Å². The number of amides is 2. The van der Waals surface area contributed by atoms with Crippen molar-refractivity contribution in [2.45, 2.75) is 31.2 Å². The van der Waals surface area contributed by atoms with Crippen molar-refractivity contribution in [1.82, 2.24) is 10.2 Å². The van der Waals surface area contributed by atoms with Crippen molar-refractivity contribution in [3.8, 4) is 0 Å². The topological polar surface area (TPSA) is 70.7 Å². The van der Waals surface area contributed by atoms with Crippen LogP contribution in [-0.2, 0) is 27.2 Å². The molecular formula is C22H28ClN3O3S. The molecule has 0 aromatic heterocycles. The van der Waals surface area contributed by atoms with Crippen LogP contribution in [0.15, 0.2) is 40.6 Å². The number of fused-ring (bicyclic) bond motifs is 1. The number of anilines is 1. The second-order valence-electron chi connectivity index (χ2n) is 7.77. The summed E-state index contributed by atoms with van der Waals surface area (Å²) in [6.45, 7) is 10.1. The first kappa shape index (κ1) is 22.9. The summed E-state index contributed by atoms with van der Waals surface area (Å²) in [6, 6.07) is 6.07. The Balaban J connectivity index is 1.75. The summed E-state index contributed by atoms with van der Waals surface area (Å²) in [4.78, 5) is 28.4. The lowest BCUT2D eigenvalue weighted by atomic mass is 9.88. The Morgan fingerprint density at radius 3 is 2.50 bits per heavy atom. The van der Waals surface area contributed by atoms with Crippen LogP contribution in [0.25, 0.3) is 0 Å². The molecule has 162 valence electrons. The Kier molecular flexibility index (Phi) is 7.63. The number of benzene rings is 1. The number of nitrogens with one attached hydrogen (secondary N) is 2. The summed E-state index contributed by atoms with van der Waals surface area (Å²) in [6.07, 6.45) is 2.73. The van der Waals surface area contributed by atoms with Gasteiger partial charge in [-0.3, -0.25) is 9.59 Å². The molecule has 6 nitrogen and oxygen atoms in total.